The maximum absolute atomic E-state index is 10.4. The summed E-state index contributed by atoms with van der Waals surface area (Å²) in [6, 6.07) is 1.72. The van der Waals surface area contributed by atoms with Gasteiger partial charge in [0.25, 0.3) is 0 Å². The Morgan fingerprint density at radius 3 is 2.67 bits per heavy atom. The number of aromatic amines is 1. The van der Waals surface area contributed by atoms with Crippen LogP contribution in [0, 0.1) is 0 Å². The largest absolute Gasteiger partial charge is 0.351 e. The number of nitrogens with one attached hydrogen (secondary N) is 1. The zero-order valence-electron chi connectivity index (χ0n) is 6.43. The monoisotopic (exact) mass is 225 g/mol. The number of halogens is 1. The van der Waals surface area contributed by atoms with Gasteiger partial charge in [-0.3, -0.25) is 4.79 Å². The number of H-pyrrole nitrogens is 1. The van der Waals surface area contributed by atoms with E-state index in [-0.39, 0.29) is 0 Å². The van der Waals surface area contributed by atoms with Crippen LogP contribution >= 0.6 is 15.9 Å². The number of aldehydes is 1. The van der Waals surface area contributed by atoms with Gasteiger partial charge in [-0.2, -0.15) is 0 Å². The fourth-order valence-corrected chi connectivity index (χ4v) is 1.27. The SMILES string of the molecule is C=Cc1cc(C=O)[nH]c1C(=C)Br. The van der Waals surface area contributed by atoms with Gasteiger partial charge in [-0.25, -0.2) is 0 Å². The van der Waals surface area contributed by atoms with E-state index in [1.807, 2.05) is 0 Å². The van der Waals surface area contributed by atoms with Crippen LogP contribution < -0.4 is 0 Å². The summed E-state index contributed by atoms with van der Waals surface area (Å²) in [7, 11) is 0. The van der Waals surface area contributed by atoms with Crippen molar-refractivity contribution in [2.75, 3.05) is 0 Å². The van der Waals surface area contributed by atoms with Crippen LogP contribution in [0.4, 0.5) is 0 Å². The van der Waals surface area contributed by atoms with Crippen molar-refractivity contribution in [1.82, 2.24) is 4.98 Å². The molecule has 1 aromatic heterocycles. The highest BCUT2D eigenvalue weighted by Gasteiger charge is 2.05. The first kappa shape index (κ1) is 9.00. The van der Waals surface area contributed by atoms with Gasteiger partial charge in [0.2, 0.25) is 0 Å². The molecule has 0 spiro atoms. The Labute approximate surface area is 79.1 Å². The van der Waals surface area contributed by atoms with Crippen LogP contribution in [0.25, 0.3) is 10.6 Å². The average molecular weight is 226 g/mol. The molecule has 1 aromatic rings. The quantitative estimate of drug-likeness (QED) is 0.789. The van der Waals surface area contributed by atoms with Gasteiger partial charge in [0.15, 0.2) is 6.29 Å². The minimum absolute atomic E-state index is 0.528. The van der Waals surface area contributed by atoms with Crippen LogP contribution in [-0.2, 0) is 0 Å². The number of rotatable bonds is 3. The minimum Gasteiger partial charge on any atom is -0.351 e. The highest BCUT2D eigenvalue weighted by molar-refractivity contribution is 9.15. The van der Waals surface area contributed by atoms with E-state index >= 15 is 0 Å². The van der Waals surface area contributed by atoms with E-state index in [1.54, 1.807) is 12.1 Å². The maximum Gasteiger partial charge on any atom is 0.166 e. The third-order valence-corrected chi connectivity index (χ3v) is 1.88. The van der Waals surface area contributed by atoms with E-state index in [0.717, 1.165) is 17.5 Å². The molecule has 62 valence electrons. The van der Waals surface area contributed by atoms with Crippen molar-refractivity contribution in [2.45, 2.75) is 0 Å². The van der Waals surface area contributed by atoms with Gasteiger partial charge in [-0.1, -0.05) is 19.2 Å². The highest BCUT2D eigenvalue weighted by Crippen LogP contribution is 2.23. The van der Waals surface area contributed by atoms with Crippen molar-refractivity contribution in [3.63, 3.8) is 0 Å². The van der Waals surface area contributed by atoms with E-state index in [9.17, 15) is 4.79 Å². The van der Waals surface area contributed by atoms with E-state index in [2.05, 4.69) is 34.1 Å². The van der Waals surface area contributed by atoms with Crippen molar-refractivity contribution < 1.29 is 4.79 Å². The summed E-state index contributed by atoms with van der Waals surface area (Å²) in [6.45, 7) is 7.33. The second-order valence-electron chi connectivity index (χ2n) is 2.28. The van der Waals surface area contributed by atoms with Gasteiger partial charge in [-0.05, 0) is 22.0 Å². The van der Waals surface area contributed by atoms with Crippen molar-refractivity contribution in [3.05, 3.63) is 36.2 Å². The lowest BCUT2D eigenvalue weighted by Crippen LogP contribution is -1.80. The van der Waals surface area contributed by atoms with Crippen LogP contribution in [0.3, 0.4) is 0 Å². The van der Waals surface area contributed by atoms with Crippen LogP contribution in [0.15, 0.2) is 19.2 Å². The van der Waals surface area contributed by atoms with Gasteiger partial charge in [-0.15, -0.1) is 0 Å². The molecule has 1 N–H and O–H groups in total. The topological polar surface area (TPSA) is 32.9 Å². The summed E-state index contributed by atoms with van der Waals surface area (Å²) in [5.41, 5.74) is 2.20. The number of hydrogen-bond acceptors (Lipinski definition) is 1. The first-order valence-corrected chi connectivity index (χ1v) is 4.13. The molecule has 0 aliphatic carbocycles. The fourth-order valence-electron chi connectivity index (χ4n) is 0.941. The van der Waals surface area contributed by atoms with E-state index in [4.69, 9.17) is 0 Å². The molecule has 0 aromatic carbocycles. The molecule has 0 unspecified atom stereocenters. The Hall–Kier alpha value is -1.09. The fraction of sp³-hybridized carbons (Fsp3) is 0. The lowest BCUT2D eigenvalue weighted by molar-refractivity contribution is 0.111. The van der Waals surface area contributed by atoms with Crippen molar-refractivity contribution in [3.8, 4) is 0 Å². The van der Waals surface area contributed by atoms with Crippen molar-refractivity contribution >= 4 is 32.8 Å². The number of aromatic nitrogens is 1. The molecule has 0 bridgehead atoms. The average Bonchev–Trinajstić information content (AvgIpc) is 2.47. The summed E-state index contributed by atoms with van der Waals surface area (Å²) in [5.74, 6) is 0. The molecule has 2 nitrogen and oxygen atoms in total. The summed E-state index contributed by atoms with van der Waals surface area (Å²) >= 11 is 3.23. The second-order valence-corrected chi connectivity index (χ2v) is 3.24. The Bertz CT molecular complexity index is 338. The third-order valence-electron chi connectivity index (χ3n) is 1.49. The van der Waals surface area contributed by atoms with Gasteiger partial charge in [0, 0.05) is 10.0 Å². The van der Waals surface area contributed by atoms with Crippen LogP contribution in [0.5, 0.6) is 0 Å². The zero-order valence-corrected chi connectivity index (χ0v) is 8.02. The predicted octanol–water partition coefficient (Wildman–Crippen LogP) is 2.84. The van der Waals surface area contributed by atoms with Crippen LogP contribution in [-0.4, -0.2) is 11.3 Å². The Morgan fingerprint density at radius 1 is 1.67 bits per heavy atom. The molecule has 0 fully saturated rings. The third kappa shape index (κ3) is 1.56. The molecule has 0 atom stereocenters. The van der Waals surface area contributed by atoms with Gasteiger partial charge in [0.1, 0.15) is 0 Å². The molecule has 0 saturated heterocycles. The van der Waals surface area contributed by atoms with Crippen molar-refractivity contribution in [2.24, 2.45) is 0 Å². The first-order chi connectivity index (χ1) is 5.69. The Balaban J connectivity index is 3.25. The summed E-state index contributed by atoms with van der Waals surface area (Å²) in [4.78, 5) is 13.3. The molecule has 0 aliphatic heterocycles. The Morgan fingerprint density at radius 2 is 2.33 bits per heavy atom. The molecule has 0 saturated carbocycles. The first-order valence-electron chi connectivity index (χ1n) is 3.34. The van der Waals surface area contributed by atoms with Gasteiger partial charge >= 0.3 is 0 Å². The molecule has 1 heterocycles. The van der Waals surface area contributed by atoms with Gasteiger partial charge < -0.3 is 4.98 Å². The molecular formula is C9H8BrNO. The van der Waals surface area contributed by atoms with Gasteiger partial charge in [0.05, 0.1) is 11.4 Å². The second kappa shape index (κ2) is 3.54. The normalized spacial score (nSPS) is 9.42. The number of carbonyl (C=O) groups is 1. The molecule has 3 heteroatoms. The number of carbonyl (C=O) groups excluding carboxylic acids is 1. The van der Waals surface area contributed by atoms with E-state index in [1.165, 1.54) is 0 Å². The molecule has 1 rings (SSSR count). The smallest absolute Gasteiger partial charge is 0.166 e. The van der Waals surface area contributed by atoms with E-state index < -0.39 is 0 Å². The van der Waals surface area contributed by atoms with E-state index in [0.29, 0.717) is 10.2 Å². The zero-order chi connectivity index (χ0) is 9.14. The van der Waals surface area contributed by atoms with Crippen LogP contribution in [0.2, 0.25) is 0 Å². The van der Waals surface area contributed by atoms with Crippen molar-refractivity contribution in [1.29, 1.82) is 0 Å². The Kier molecular flexibility index (Phi) is 2.65. The predicted molar refractivity (Wildman–Crippen MR) is 54.2 cm³/mol. The maximum atomic E-state index is 10.4. The summed E-state index contributed by atoms with van der Waals surface area (Å²) in [6.07, 6.45) is 2.43. The highest BCUT2D eigenvalue weighted by atomic mass is 79.9. The number of hydrogen-bond donors (Lipinski definition) is 1. The summed E-state index contributed by atoms with van der Waals surface area (Å²) in [5, 5.41) is 0. The molecule has 12 heavy (non-hydrogen) atoms. The standard InChI is InChI=1S/C9H8BrNO/c1-3-7-4-8(5-12)11-9(7)6(2)10/h3-5,11H,1-2H2. The summed E-state index contributed by atoms with van der Waals surface area (Å²) < 4.78 is 0.713. The lowest BCUT2D eigenvalue weighted by Gasteiger charge is -1.93. The molecule has 0 radical (unpaired) electrons. The lowest BCUT2D eigenvalue weighted by atomic mass is 10.2. The minimum atomic E-state index is 0.528. The van der Waals surface area contributed by atoms with Crippen LogP contribution in [0.1, 0.15) is 21.7 Å². The molecule has 0 aliphatic rings. The molecular weight excluding hydrogens is 218 g/mol. The molecule has 0 amide bonds.